The van der Waals surface area contributed by atoms with E-state index in [9.17, 15) is 39.5 Å². The molecule has 1 aromatic carbocycles. The largest absolute Gasteiger partial charge is 0.460 e. The maximum absolute atomic E-state index is 14.2. The highest BCUT2D eigenvalue weighted by atomic mass is 19.4. The lowest BCUT2D eigenvalue weighted by Gasteiger charge is -2.40. The van der Waals surface area contributed by atoms with Crippen molar-refractivity contribution < 1.29 is 39.5 Å². The zero-order valence-corrected chi connectivity index (χ0v) is 17.9. The van der Waals surface area contributed by atoms with Gasteiger partial charge in [-0.1, -0.05) is 56.9 Å². The summed E-state index contributed by atoms with van der Waals surface area (Å²) in [5, 5.41) is 0. The summed E-state index contributed by atoms with van der Waals surface area (Å²) < 4.78 is 119. The molecule has 1 aromatic rings. The molecule has 0 nitrogen and oxygen atoms in total. The van der Waals surface area contributed by atoms with Gasteiger partial charge in [0.25, 0.3) is 0 Å². The lowest BCUT2D eigenvalue weighted by molar-refractivity contribution is -0.404. The monoisotopic (exact) mass is 476 g/mol. The Labute approximate surface area is 182 Å². The second-order valence-electron chi connectivity index (χ2n) is 8.72. The van der Waals surface area contributed by atoms with Crippen molar-refractivity contribution in [2.75, 3.05) is 0 Å². The second-order valence-corrected chi connectivity index (χ2v) is 8.72. The molecule has 2 rings (SSSR count). The third-order valence-corrected chi connectivity index (χ3v) is 6.43. The van der Waals surface area contributed by atoms with Crippen LogP contribution in [0.15, 0.2) is 24.3 Å². The number of halogens is 9. The summed E-state index contributed by atoms with van der Waals surface area (Å²) in [6.07, 6.45) is -1.22. The highest BCUT2D eigenvalue weighted by molar-refractivity contribution is 5.26. The van der Waals surface area contributed by atoms with Crippen molar-refractivity contribution in [1.29, 1.82) is 0 Å². The predicted molar refractivity (Wildman–Crippen MR) is 105 cm³/mol. The van der Waals surface area contributed by atoms with E-state index in [2.05, 4.69) is 6.92 Å². The molecule has 1 aliphatic carbocycles. The quantitative estimate of drug-likeness (QED) is 0.234. The van der Waals surface area contributed by atoms with Crippen LogP contribution in [0, 0.1) is 5.92 Å². The molecule has 0 unspecified atom stereocenters. The Kier molecular flexibility index (Phi) is 8.59. The Hall–Kier alpha value is -1.41. The second kappa shape index (κ2) is 10.2. The van der Waals surface area contributed by atoms with Gasteiger partial charge in [0.05, 0.1) is 0 Å². The van der Waals surface area contributed by atoms with Gasteiger partial charge in [-0.15, -0.1) is 0 Å². The number of hydrogen-bond acceptors (Lipinski definition) is 0. The van der Waals surface area contributed by atoms with Crippen molar-refractivity contribution >= 4 is 0 Å². The average molecular weight is 476 g/mol. The summed E-state index contributed by atoms with van der Waals surface area (Å²) in [4.78, 5) is 0. The zero-order valence-electron chi connectivity index (χ0n) is 17.9. The highest BCUT2D eigenvalue weighted by Crippen LogP contribution is 2.57. The van der Waals surface area contributed by atoms with Gasteiger partial charge in [0.1, 0.15) is 0 Å². The average Bonchev–Trinajstić information content (AvgIpc) is 2.73. The summed E-state index contributed by atoms with van der Waals surface area (Å²) in [6, 6.07) is 7.54. The third kappa shape index (κ3) is 5.56. The third-order valence-electron chi connectivity index (χ3n) is 6.43. The van der Waals surface area contributed by atoms with Crippen molar-refractivity contribution in [3.63, 3.8) is 0 Å². The maximum Gasteiger partial charge on any atom is 0.460 e. The van der Waals surface area contributed by atoms with E-state index in [1.54, 1.807) is 0 Å². The predicted octanol–water partition coefficient (Wildman–Crippen LogP) is 8.94. The Balaban J connectivity index is 1.96. The van der Waals surface area contributed by atoms with Gasteiger partial charge >= 0.3 is 23.9 Å². The summed E-state index contributed by atoms with van der Waals surface area (Å²) in [5.41, 5.74) is 1.95. The summed E-state index contributed by atoms with van der Waals surface area (Å²) in [6.45, 7) is 2.14. The number of rotatable bonds is 10. The van der Waals surface area contributed by atoms with Gasteiger partial charge in [-0.25, -0.2) is 0 Å². The van der Waals surface area contributed by atoms with E-state index in [1.807, 2.05) is 24.3 Å². The summed E-state index contributed by atoms with van der Waals surface area (Å²) >= 11 is 0. The number of hydrogen-bond donors (Lipinski definition) is 0. The number of aryl methyl sites for hydroxylation is 1. The first-order valence-electron chi connectivity index (χ1n) is 11.0. The topological polar surface area (TPSA) is 0 Å². The fourth-order valence-corrected chi connectivity index (χ4v) is 4.32. The van der Waals surface area contributed by atoms with Crippen LogP contribution in [0.5, 0.6) is 0 Å². The van der Waals surface area contributed by atoms with E-state index in [4.69, 9.17) is 0 Å². The van der Waals surface area contributed by atoms with Crippen LogP contribution in [-0.4, -0.2) is 23.9 Å². The maximum atomic E-state index is 14.2. The van der Waals surface area contributed by atoms with Crippen LogP contribution in [0.4, 0.5) is 39.5 Å². The molecule has 0 heterocycles. The molecule has 0 atom stereocenters. The van der Waals surface area contributed by atoms with Crippen LogP contribution in [-0.2, 0) is 6.42 Å². The first-order chi connectivity index (χ1) is 14.8. The lowest BCUT2D eigenvalue weighted by Crippen LogP contribution is -2.63. The van der Waals surface area contributed by atoms with Gasteiger partial charge in [-0.05, 0) is 55.6 Å². The molecule has 0 amide bonds. The van der Waals surface area contributed by atoms with Crippen LogP contribution < -0.4 is 0 Å². The smallest absolute Gasteiger partial charge is 0.199 e. The summed E-state index contributed by atoms with van der Waals surface area (Å²) in [7, 11) is 0. The minimum absolute atomic E-state index is 0.0181. The Morgan fingerprint density at radius 3 is 1.72 bits per heavy atom. The zero-order chi connectivity index (χ0) is 24.2. The lowest BCUT2D eigenvalue weighted by atomic mass is 9.74. The molecule has 184 valence electrons. The van der Waals surface area contributed by atoms with Crippen LogP contribution in [0.1, 0.15) is 81.8 Å². The van der Waals surface area contributed by atoms with Gasteiger partial charge in [-0.2, -0.15) is 39.5 Å². The van der Waals surface area contributed by atoms with E-state index in [1.165, 1.54) is 12.8 Å². The van der Waals surface area contributed by atoms with E-state index in [0.717, 1.165) is 36.8 Å². The molecule has 32 heavy (non-hydrogen) atoms. The van der Waals surface area contributed by atoms with Crippen molar-refractivity contribution in [1.82, 2.24) is 0 Å². The molecule has 0 N–H and O–H groups in total. The first kappa shape index (κ1) is 26.8. The van der Waals surface area contributed by atoms with Gasteiger partial charge < -0.3 is 0 Å². The van der Waals surface area contributed by atoms with Crippen LogP contribution >= 0.6 is 0 Å². The highest BCUT2D eigenvalue weighted by Gasteiger charge is 2.82. The number of unbranched alkanes of at least 4 members (excludes halogenated alkanes) is 4. The van der Waals surface area contributed by atoms with Crippen LogP contribution in [0.25, 0.3) is 0 Å². The molecule has 0 aliphatic heterocycles. The van der Waals surface area contributed by atoms with Crippen molar-refractivity contribution in [3.05, 3.63) is 35.4 Å². The normalized spacial score (nSPS) is 21.1. The molecule has 0 saturated heterocycles. The van der Waals surface area contributed by atoms with Gasteiger partial charge in [0, 0.05) is 5.92 Å². The SMILES string of the molecule is CCCCCCCc1ccc([C@H]2CC[C@H](C(F)(F)C(F)(F)C(F)(F)C(F)(F)F)CC2)cc1. The molecular formula is C23H29F9. The minimum Gasteiger partial charge on any atom is -0.199 e. The minimum atomic E-state index is -6.81. The van der Waals surface area contributed by atoms with Crippen molar-refractivity contribution in [2.45, 2.75) is 101 Å². The van der Waals surface area contributed by atoms with Crippen LogP contribution in [0.3, 0.4) is 0 Å². The fraction of sp³-hybridized carbons (Fsp3) is 0.739. The van der Waals surface area contributed by atoms with Crippen molar-refractivity contribution in [2.24, 2.45) is 5.92 Å². The molecule has 0 radical (unpaired) electrons. The molecule has 1 fully saturated rings. The Morgan fingerprint density at radius 1 is 0.688 bits per heavy atom. The molecular weight excluding hydrogens is 447 g/mol. The fourth-order valence-electron chi connectivity index (χ4n) is 4.32. The van der Waals surface area contributed by atoms with Gasteiger partial charge in [-0.3, -0.25) is 0 Å². The van der Waals surface area contributed by atoms with E-state index < -0.39 is 42.7 Å². The summed E-state index contributed by atoms with van der Waals surface area (Å²) in [5.74, 6) is -21.3. The number of benzene rings is 1. The molecule has 0 aromatic heterocycles. The van der Waals surface area contributed by atoms with Gasteiger partial charge in [0.15, 0.2) is 0 Å². The van der Waals surface area contributed by atoms with E-state index in [0.29, 0.717) is 0 Å². The van der Waals surface area contributed by atoms with E-state index >= 15 is 0 Å². The Morgan fingerprint density at radius 2 is 1.22 bits per heavy atom. The standard InChI is InChI=1S/C23H29F9/c1-2-3-4-5-6-7-16-8-10-17(11-9-16)18-12-14-19(15-13-18)20(24,25)21(26,27)22(28,29)23(30,31)32/h8-11,18-19H,2-7,12-15H2,1H3/t18-,19-. The number of alkyl halides is 9. The molecule has 1 saturated carbocycles. The molecule has 0 bridgehead atoms. The molecule has 1 aliphatic rings. The van der Waals surface area contributed by atoms with E-state index in [-0.39, 0.29) is 18.8 Å². The van der Waals surface area contributed by atoms with Crippen molar-refractivity contribution in [3.8, 4) is 0 Å². The molecule has 0 spiro atoms. The van der Waals surface area contributed by atoms with Gasteiger partial charge in [0.2, 0.25) is 0 Å². The Bertz CT molecular complexity index is 699. The first-order valence-corrected chi connectivity index (χ1v) is 11.0. The molecule has 9 heteroatoms. The van der Waals surface area contributed by atoms with Crippen LogP contribution in [0.2, 0.25) is 0 Å².